The summed E-state index contributed by atoms with van der Waals surface area (Å²) in [4.78, 5) is 9.24. The highest BCUT2D eigenvalue weighted by molar-refractivity contribution is 14.1. The Labute approximate surface area is 79.7 Å². The molecular formula is C6H2F2INO2. The first-order valence-electron chi connectivity index (χ1n) is 2.82. The van der Waals surface area contributed by atoms with Gasteiger partial charge in [0.1, 0.15) is 9.39 Å². The third kappa shape index (κ3) is 1.52. The van der Waals surface area contributed by atoms with Gasteiger partial charge in [-0.15, -0.1) is 0 Å². The van der Waals surface area contributed by atoms with Crippen molar-refractivity contribution in [1.29, 1.82) is 0 Å². The van der Waals surface area contributed by atoms with E-state index in [1.165, 1.54) is 22.6 Å². The van der Waals surface area contributed by atoms with Crippen molar-refractivity contribution in [2.75, 3.05) is 0 Å². The summed E-state index contributed by atoms with van der Waals surface area (Å²) >= 11 is 1.39. The molecule has 12 heavy (non-hydrogen) atoms. The maximum absolute atomic E-state index is 12.7. The maximum Gasteiger partial charge on any atom is 0.320 e. The second-order valence-corrected chi connectivity index (χ2v) is 3.03. The van der Waals surface area contributed by atoms with Gasteiger partial charge in [-0.3, -0.25) is 10.1 Å². The van der Waals surface area contributed by atoms with E-state index in [-0.39, 0.29) is 3.57 Å². The molecule has 64 valence electrons. The molecule has 0 aromatic heterocycles. The number of nitro groups is 1. The first kappa shape index (κ1) is 9.30. The van der Waals surface area contributed by atoms with Crippen LogP contribution in [0.5, 0.6) is 0 Å². The molecule has 0 amide bonds. The van der Waals surface area contributed by atoms with E-state index in [1.54, 1.807) is 0 Å². The molecular weight excluding hydrogens is 283 g/mol. The molecule has 3 nitrogen and oxygen atoms in total. The molecule has 0 aliphatic heterocycles. The summed E-state index contributed by atoms with van der Waals surface area (Å²) in [6.45, 7) is 0. The van der Waals surface area contributed by atoms with Gasteiger partial charge in [-0.1, -0.05) is 0 Å². The van der Waals surface area contributed by atoms with Crippen molar-refractivity contribution in [3.63, 3.8) is 0 Å². The lowest BCUT2D eigenvalue weighted by atomic mass is 10.3. The first-order chi connectivity index (χ1) is 5.54. The SMILES string of the molecule is O=[N+]([O-])c1c(F)ccc(F)c1I. The Morgan fingerprint density at radius 3 is 2.25 bits per heavy atom. The zero-order chi connectivity index (χ0) is 9.30. The van der Waals surface area contributed by atoms with Crippen LogP contribution < -0.4 is 0 Å². The minimum Gasteiger partial charge on any atom is -0.258 e. The second kappa shape index (κ2) is 3.30. The van der Waals surface area contributed by atoms with E-state index >= 15 is 0 Å². The molecule has 1 aromatic rings. The topological polar surface area (TPSA) is 43.1 Å². The fraction of sp³-hybridized carbons (Fsp3) is 0. The van der Waals surface area contributed by atoms with Crippen LogP contribution in [0, 0.1) is 25.3 Å². The molecule has 0 saturated heterocycles. The fourth-order valence-corrected chi connectivity index (χ4v) is 1.32. The number of halogens is 3. The lowest BCUT2D eigenvalue weighted by molar-refractivity contribution is -0.388. The third-order valence-corrected chi connectivity index (χ3v) is 2.23. The average Bonchev–Trinajstić information content (AvgIpc) is 1.97. The number of nitro benzene ring substituents is 1. The van der Waals surface area contributed by atoms with E-state index in [4.69, 9.17) is 0 Å². The van der Waals surface area contributed by atoms with Crippen molar-refractivity contribution in [1.82, 2.24) is 0 Å². The average molecular weight is 285 g/mol. The van der Waals surface area contributed by atoms with E-state index in [0.717, 1.165) is 12.1 Å². The van der Waals surface area contributed by atoms with Gasteiger partial charge in [-0.25, -0.2) is 4.39 Å². The molecule has 0 spiro atoms. The van der Waals surface area contributed by atoms with Crippen LogP contribution in [0.1, 0.15) is 0 Å². The monoisotopic (exact) mass is 285 g/mol. The third-order valence-electron chi connectivity index (χ3n) is 1.20. The molecule has 1 aromatic carbocycles. The highest BCUT2D eigenvalue weighted by atomic mass is 127. The number of benzene rings is 1. The van der Waals surface area contributed by atoms with Crippen LogP contribution in [0.2, 0.25) is 0 Å². The quantitative estimate of drug-likeness (QED) is 0.344. The molecule has 1 rings (SSSR count). The maximum atomic E-state index is 12.7. The lowest BCUT2D eigenvalue weighted by Crippen LogP contribution is -1.97. The predicted molar refractivity (Wildman–Crippen MR) is 45.7 cm³/mol. The van der Waals surface area contributed by atoms with Crippen LogP contribution in [-0.4, -0.2) is 4.92 Å². The minimum atomic E-state index is -1.02. The Kier molecular flexibility index (Phi) is 2.55. The predicted octanol–water partition coefficient (Wildman–Crippen LogP) is 2.48. The Morgan fingerprint density at radius 2 is 1.83 bits per heavy atom. The van der Waals surface area contributed by atoms with E-state index in [9.17, 15) is 18.9 Å². The molecule has 0 aliphatic rings. The minimum absolute atomic E-state index is 0.308. The van der Waals surface area contributed by atoms with Crippen LogP contribution >= 0.6 is 22.6 Å². The fourth-order valence-electron chi connectivity index (χ4n) is 0.684. The normalized spacial score (nSPS) is 9.92. The molecule has 0 N–H and O–H groups in total. The van der Waals surface area contributed by atoms with Gasteiger partial charge in [0.2, 0.25) is 5.82 Å². The summed E-state index contributed by atoms with van der Waals surface area (Å²) < 4.78 is 25.0. The Hall–Kier alpha value is -0.790. The van der Waals surface area contributed by atoms with Crippen LogP contribution in [0.4, 0.5) is 14.5 Å². The summed E-state index contributed by atoms with van der Waals surface area (Å²) in [5.41, 5.74) is -0.810. The molecule has 0 aliphatic carbocycles. The van der Waals surface area contributed by atoms with E-state index in [0.29, 0.717) is 0 Å². The molecule has 0 unspecified atom stereocenters. The standard InChI is InChI=1S/C6H2F2INO2/c7-3-1-2-4(8)6(5(3)9)10(11)12/h1-2H. The largest absolute Gasteiger partial charge is 0.320 e. The zero-order valence-electron chi connectivity index (χ0n) is 5.55. The van der Waals surface area contributed by atoms with Gasteiger partial charge < -0.3 is 0 Å². The summed E-state index contributed by atoms with van der Waals surface area (Å²) in [6, 6.07) is 1.58. The van der Waals surface area contributed by atoms with Gasteiger partial charge in [0.25, 0.3) is 0 Å². The Balaban J connectivity index is 3.43. The highest BCUT2D eigenvalue weighted by Crippen LogP contribution is 2.26. The number of rotatable bonds is 1. The lowest BCUT2D eigenvalue weighted by Gasteiger charge is -1.96. The summed E-state index contributed by atoms with van der Waals surface area (Å²) in [7, 11) is 0. The molecule has 6 heteroatoms. The summed E-state index contributed by atoms with van der Waals surface area (Å²) in [5.74, 6) is -1.81. The van der Waals surface area contributed by atoms with Crippen LogP contribution in [0.3, 0.4) is 0 Å². The molecule has 0 fully saturated rings. The van der Waals surface area contributed by atoms with E-state index in [2.05, 4.69) is 0 Å². The van der Waals surface area contributed by atoms with E-state index < -0.39 is 22.2 Å². The second-order valence-electron chi connectivity index (χ2n) is 1.95. The Morgan fingerprint density at radius 1 is 1.33 bits per heavy atom. The summed E-state index contributed by atoms with van der Waals surface area (Å²) in [5, 5.41) is 10.2. The van der Waals surface area contributed by atoms with Crippen molar-refractivity contribution in [2.45, 2.75) is 0 Å². The van der Waals surface area contributed by atoms with Crippen molar-refractivity contribution in [3.05, 3.63) is 37.5 Å². The van der Waals surface area contributed by atoms with Gasteiger partial charge in [-0.2, -0.15) is 4.39 Å². The number of hydrogen-bond donors (Lipinski definition) is 0. The van der Waals surface area contributed by atoms with Crippen molar-refractivity contribution in [2.24, 2.45) is 0 Å². The van der Waals surface area contributed by atoms with Gasteiger partial charge in [0.15, 0.2) is 0 Å². The van der Waals surface area contributed by atoms with Gasteiger partial charge in [-0.05, 0) is 34.7 Å². The van der Waals surface area contributed by atoms with Gasteiger partial charge >= 0.3 is 5.69 Å². The zero-order valence-corrected chi connectivity index (χ0v) is 7.71. The Bertz CT molecular complexity index is 343. The molecule has 0 saturated carbocycles. The smallest absolute Gasteiger partial charge is 0.258 e. The molecule has 0 atom stereocenters. The highest BCUT2D eigenvalue weighted by Gasteiger charge is 2.21. The number of nitrogens with zero attached hydrogens (tertiary/aromatic N) is 1. The van der Waals surface area contributed by atoms with E-state index in [1.807, 2.05) is 0 Å². The van der Waals surface area contributed by atoms with Crippen LogP contribution in [0.25, 0.3) is 0 Å². The molecule has 0 bridgehead atoms. The molecule has 0 radical (unpaired) electrons. The van der Waals surface area contributed by atoms with Gasteiger partial charge in [0.05, 0.1) is 4.92 Å². The van der Waals surface area contributed by atoms with Crippen molar-refractivity contribution < 1.29 is 13.7 Å². The van der Waals surface area contributed by atoms with Crippen molar-refractivity contribution >= 4 is 28.3 Å². The van der Waals surface area contributed by atoms with Crippen molar-refractivity contribution in [3.8, 4) is 0 Å². The number of hydrogen-bond acceptors (Lipinski definition) is 2. The first-order valence-corrected chi connectivity index (χ1v) is 3.90. The molecule has 0 heterocycles. The van der Waals surface area contributed by atoms with Gasteiger partial charge in [0, 0.05) is 0 Å². The summed E-state index contributed by atoms with van der Waals surface area (Å²) in [6.07, 6.45) is 0. The van der Waals surface area contributed by atoms with Crippen LogP contribution in [0.15, 0.2) is 12.1 Å². The van der Waals surface area contributed by atoms with Crippen LogP contribution in [-0.2, 0) is 0 Å².